The standard InChI is InChI=1S/C11H23NO3S/c1-2-10-5-3-6-11(9-10)15-7-4-8-16(12,13)14/h10-11H,2-9H2,1H3,(H2,12,13,14). The highest BCUT2D eigenvalue weighted by atomic mass is 32.2. The smallest absolute Gasteiger partial charge is 0.209 e. The zero-order valence-corrected chi connectivity index (χ0v) is 10.8. The molecule has 1 aliphatic carbocycles. The summed E-state index contributed by atoms with van der Waals surface area (Å²) in [5.74, 6) is 0.814. The molecule has 0 spiro atoms. The predicted octanol–water partition coefficient (Wildman–Crippen LogP) is 1.65. The van der Waals surface area contributed by atoms with E-state index in [0.29, 0.717) is 19.1 Å². The summed E-state index contributed by atoms with van der Waals surface area (Å²) in [5.41, 5.74) is 0. The lowest BCUT2D eigenvalue weighted by atomic mass is 9.85. The van der Waals surface area contributed by atoms with E-state index in [-0.39, 0.29) is 5.75 Å². The van der Waals surface area contributed by atoms with Crippen LogP contribution in [0, 0.1) is 5.92 Å². The Hall–Kier alpha value is -0.130. The second-order valence-corrected chi connectivity index (χ2v) is 6.39. The number of rotatable bonds is 6. The fourth-order valence-electron chi connectivity index (χ4n) is 2.27. The van der Waals surface area contributed by atoms with Gasteiger partial charge in [0.25, 0.3) is 0 Å². The van der Waals surface area contributed by atoms with E-state index in [4.69, 9.17) is 9.88 Å². The summed E-state index contributed by atoms with van der Waals surface area (Å²) in [7, 11) is -3.32. The zero-order valence-electron chi connectivity index (χ0n) is 10.0. The molecule has 1 rings (SSSR count). The van der Waals surface area contributed by atoms with Crippen LogP contribution < -0.4 is 5.14 Å². The number of nitrogens with two attached hydrogens (primary N) is 1. The number of hydrogen-bond donors (Lipinski definition) is 1. The zero-order chi connectivity index (χ0) is 12.0. The number of sulfonamides is 1. The Bertz CT molecular complexity index is 290. The summed E-state index contributed by atoms with van der Waals surface area (Å²) < 4.78 is 27.1. The molecule has 5 heteroatoms. The Balaban J connectivity index is 2.13. The summed E-state index contributed by atoms with van der Waals surface area (Å²) in [6.07, 6.45) is 6.85. The van der Waals surface area contributed by atoms with Gasteiger partial charge in [0.1, 0.15) is 0 Å². The Morgan fingerprint density at radius 1 is 1.38 bits per heavy atom. The predicted molar refractivity (Wildman–Crippen MR) is 64.6 cm³/mol. The lowest BCUT2D eigenvalue weighted by Gasteiger charge is -2.28. The van der Waals surface area contributed by atoms with Crippen LogP contribution >= 0.6 is 0 Å². The van der Waals surface area contributed by atoms with E-state index in [1.54, 1.807) is 0 Å². The van der Waals surface area contributed by atoms with Crippen LogP contribution in [0.15, 0.2) is 0 Å². The molecule has 0 amide bonds. The van der Waals surface area contributed by atoms with Crippen molar-refractivity contribution >= 4 is 10.0 Å². The average molecular weight is 249 g/mol. The fourth-order valence-corrected chi connectivity index (χ4v) is 2.79. The van der Waals surface area contributed by atoms with Gasteiger partial charge in [-0.15, -0.1) is 0 Å². The monoisotopic (exact) mass is 249 g/mol. The molecule has 4 nitrogen and oxygen atoms in total. The van der Waals surface area contributed by atoms with Gasteiger partial charge in [-0.1, -0.05) is 26.2 Å². The van der Waals surface area contributed by atoms with Crippen molar-refractivity contribution in [2.45, 2.75) is 51.6 Å². The lowest BCUT2D eigenvalue weighted by molar-refractivity contribution is 0.0131. The van der Waals surface area contributed by atoms with Gasteiger partial charge in [-0.3, -0.25) is 0 Å². The molecular formula is C11H23NO3S. The number of primary sulfonamides is 1. The second kappa shape index (κ2) is 6.57. The van der Waals surface area contributed by atoms with Crippen LogP contribution in [-0.4, -0.2) is 26.9 Å². The van der Waals surface area contributed by atoms with Gasteiger partial charge >= 0.3 is 0 Å². The minimum Gasteiger partial charge on any atom is -0.378 e. The van der Waals surface area contributed by atoms with Crippen LogP contribution in [0.1, 0.15) is 45.4 Å². The molecule has 16 heavy (non-hydrogen) atoms. The van der Waals surface area contributed by atoms with Crippen LogP contribution in [0.4, 0.5) is 0 Å². The van der Waals surface area contributed by atoms with Gasteiger partial charge in [-0.2, -0.15) is 0 Å². The van der Waals surface area contributed by atoms with E-state index in [2.05, 4.69) is 6.92 Å². The summed E-state index contributed by atoms with van der Waals surface area (Å²) in [6.45, 7) is 2.73. The minimum absolute atomic E-state index is 0.0247. The van der Waals surface area contributed by atoms with E-state index in [9.17, 15) is 8.42 Å². The van der Waals surface area contributed by atoms with E-state index in [1.807, 2.05) is 0 Å². The van der Waals surface area contributed by atoms with Crippen LogP contribution in [0.2, 0.25) is 0 Å². The molecule has 0 aromatic carbocycles. The highest BCUT2D eigenvalue weighted by molar-refractivity contribution is 7.89. The van der Waals surface area contributed by atoms with Crippen molar-refractivity contribution in [2.75, 3.05) is 12.4 Å². The van der Waals surface area contributed by atoms with Crippen molar-refractivity contribution in [2.24, 2.45) is 11.1 Å². The summed E-state index contributed by atoms with van der Waals surface area (Å²) in [5, 5.41) is 4.91. The first-order valence-electron chi connectivity index (χ1n) is 6.13. The van der Waals surface area contributed by atoms with Gasteiger partial charge in [0.15, 0.2) is 0 Å². The SMILES string of the molecule is CCC1CCCC(OCCCS(N)(=O)=O)C1. The van der Waals surface area contributed by atoms with Gasteiger partial charge in [-0.25, -0.2) is 13.6 Å². The van der Waals surface area contributed by atoms with Gasteiger partial charge in [-0.05, 0) is 25.2 Å². The van der Waals surface area contributed by atoms with E-state index in [0.717, 1.165) is 18.8 Å². The first-order valence-corrected chi connectivity index (χ1v) is 7.85. The molecule has 2 unspecified atom stereocenters. The van der Waals surface area contributed by atoms with Crippen molar-refractivity contribution in [1.82, 2.24) is 0 Å². The number of ether oxygens (including phenoxy) is 1. The molecule has 2 atom stereocenters. The maximum absolute atomic E-state index is 10.7. The van der Waals surface area contributed by atoms with E-state index >= 15 is 0 Å². The van der Waals surface area contributed by atoms with Crippen LogP contribution in [0.5, 0.6) is 0 Å². The third-order valence-corrected chi connectivity index (χ3v) is 4.10. The van der Waals surface area contributed by atoms with Crippen LogP contribution in [0.3, 0.4) is 0 Å². The van der Waals surface area contributed by atoms with Crippen molar-refractivity contribution in [3.05, 3.63) is 0 Å². The Labute approximate surface area is 98.6 Å². The van der Waals surface area contributed by atoms with Crippen LogP contribution in [-0.2, 0) is 14.8 Å². The van der Waals surface area contributed by atoms with Gasteiger partial charge in [0.05, 0.1) is 11.9 Å². The third-order valence-electron chi connectivity index (χ3n) is 3.24. The average Bonchev–Trinajstić information content (AvgIpc) is 2.23. The van der Waals surface area contributed by atoms with Crippen molar-refractivity contribution in [1.29, 1.82) is 0 Å². The van der Waals surface area contributed by atoms with Crippen LogP contribution in [0.25, 0.3) is 0 Å². The molecule has 1 fully saturated rings. The molecule has 1 saturated carbocycles. The fraction of sp³-hybridized carbons (Fsp3) is 1.00. The Morgan fingerprint density at radius 3 is 2.75 bits per heavy atom. The molecule has 0 saturated heterocycles. The van der Waals surface area contributed by atoms with Gasteiger partial charge < -0.3 is 4.74 Å². The molecule has 0 aromatic rings. The molecule has 0 aliphatic heterocycles. The topological polar surface area (TPSA) is 69.4 Å². The summed E-state index contributed by atoms with van der Waals surface area (Å²) >= 11 is 0. The van der Waals surface area contributed by atoms with Gasteiger partial charge in [0.2, 0.25) is 10.0 Å². The minimum atomic E-state index is -3.32. The highest BCUT2D eigenvalue weighted by Gasteiger charge is 2.20. The van der Waals surface area contributed by atoms with E-state index in [1.165, 1.54) is 19.3 Å². The van der Waals surface area contributed by atoms with Crippen molar-refractivity contribution in [3.8, 4) is 0 Å². The Kier molecular flexibility index (Phi) is 5.72. The maximum atomic E-state index is 10.7. The normalized spacial score (nSPS) is 26.9. The first-order chi connectivity index (χ1) is 7.51. The molecule has 2 N–H and O–H groups in total. The molecule has 0 aromatic heterocycles. The maximum Gasteiger partial charge on any atom is 0.209 e. The quantitative estimate of drug-likeness (QED) is 0.728. The molecule has 0 heterocycles. The number of hydrogen-bond acceptors (Lipinski definition) is 3. The molecule has 0 bridgehead atoms. The molecule has 1 aliphatic rings. The largest absolute Gasteiger partial charge is 0.378 e. The van der Waals surface area contributed by atoms with E-state index < -0.39 is 10.0 Å². The summed E-state index contributed by atoms with van der Waals surface area (Å²) in [4.78, 5) is 0. The molecule has 0 radical (unpaired) electrons. The second-order valence-electron chi connectivity index (χ2n) is 4.65. The van der Waals surface area contributed by atoms with Crippen molar-refractivity contribution < 1.29 is 13.2 Å². The molecule has 96 valence electrons. The van der Waals surface area contributed by atoms with Gasteiger partial charge in [0, 0.05) is 6.61 Å². The Morgan fingerprint density at radius 2 is 2.12 bits per heavy atom. The van der Waals surface area contributed by atoms with Crippen molar-refractivity contribution in [3.63, 3.8) is 0 Å². The third kappa shape index (κ3) is 5.82. The lowest BCUT2D eigenvalue weighted by Crippen LogP contribution is -2.24. The summed E-state index contributed by atoms with van der Waals surface area (Å²) in [6, 6.07) is 0. The highest BCUT2D eigenvalue weighted by Crippen LogP contribution is 2.28. The molecular weight excluding hydrogens is 226 g/mol. The first kappa shape index (κ1) is 13.9.